The fourth-order valence-electron chi connectivity index (χ4n) is 5.20. The van der Waals surface area contributed by atoms with Gasteiger partial charge in [-0.15, -0.1) is 0 Å². The number of nitrogens with one attached hydrogen (secondary N) is 2. The van der Waals surface area contributed by atoms with E-state index in [1.165, 1.54) is 9.36 Å². The van der Waals surface area contributed by atoms with Crippen LogP contribution in [-0.2, 0) is 34.3 Å². The number of hydroxylamine groups is 2. The fraction of sp³-hybridized carbons (Fsp3) is 0.386. The number of rotatable bonds is 15. The summed E-state index contributed by atoms with van der Waals surface area (Å²) >= 11 is 0. The first kappa shape index (κ1) is 47.8. The second-order valence-electron chi connectivity index (χ2n) is 14.2. The van der Waals surface area contributed by atoms with E-state index in [1.807, 2.05) is 159 Å². The van der Waals surface area contributed by atoms with E-state index in [4.69, 9.17) is 20.5 Å². The maximum absolute atomic E-state index is 12.1. The molecule has 5 N–H and O–H groups in total. The number of aromatic nitrogens is 4. The van der Waals surface area contributed by atoms with Crippen LogP contribution in [0.2, 0.25) is 0 Å². The fourth-order valence-corrected chi connectivity index (χ4v) is 5.20. The lowest BCUT2D eigenvalue weighted by atomic mass is 10.1. The number of benzene rings is 3. The number of primary amides is 1. The highest BCUT2D eigenvalue weighted by atomic mass is 16.6. The molecule has 5 rings (SSSR count). The summed E-state index contributed by atoms with van der Waals surface area (Å²) in [5.41, 5.74) is 17.4. The van der Waals surface area contributed by atoms with Crippen LogP contribution in [0.5, 0.6) is 0 Å². The molecule has 2 atom stereocenters. The Bertz CT molecular complexity index is 1880. The molecule has 2 aromatic heterocycles. The van der Waals surface area contributed by atoms with Crippen molar-refractivity contribution in [3.63, 3.8) is 0 Å². The van der Waals surface area contributed by atoms with Crippen LogP contribution < -0.4 is 16.7 Å². The molecule has 0 saturated heterocycles. The second kappa shape index (κ2) is 26.5. The average molecular weight is 784 g/mol. The van der Waals surface area contributed by atoms with E-state index >= 15 is 0 Å². The first-order chi connectivity index (χ1) is 27.2. The number of aliphatic hydroxyl groups is 1. The number of aliphatic hydroxyl groups excluding tert-OH is 1. The number of hydrogen-bond donors (Lipinski definition) is 4. The lowest BCUT2D eigenvalue weighted by molar-refractivity contribution is -0.119. The van der Waals surface area contributed by atoms with Crippen molar-refractivity contribution in [1.82, 2.24) is 30.5 Å². The highest BCUT2D eigenvalue weighted by molar-refractivity contribution is 5.79. The number of carbonyl (C=O) groups is 3. The smallest absolute Gasteiger partial charge is 0.248 e. The van der Waals surface area contributed by atoms with Gasteiger partial charge >= 0.3 is 0 Å². The second-order valence-corrected chi connectivity index (χ2v) is 14.2. The summed E-state index contributed by atoms with van der Waals surface area (Å²) in [6.45, 7) is 16.5. The summed E-state index contributed by atoms with van der Waals surface area (Å²) in [4.78, 5) is 44.9. The van der Waals surface area contributed by atoms with Crippen molar-refractivity contribution in [3.8, 4) is 0 Å². The van der Waals surface area contributed by atoms with Crippen LogP contribution in [0.4, 0.5) is 0 Å². The van der Waals surface area contributed by atoms with Gasteiger partial charge in [0.15, 0.2) is 0 Å². The van der Waals surface area contributed by atoms with Crippen LogP contribution in [0, 0.1) is 33.6 Å². The Hall–Kier alpha value is -5.31. The van der Waals surface area contributed by atoms with Gasteiger partial charge in [0.25, 0.3) is 0 Å². The highest BCUT2D eigenvalue weighted by Crippen LogP contribution is 2.08. The van der Waals surface area contributed by atoms with Gasteiger partial charge in [0.1, 0.15) is 0 Å². The normalized spacial score (nSPS) is 11.5. The van der Waals surface area contributed by atoms with Crippen LogP contribution >= 0.6 is 0 Å². The van der Waals surface area contributed by atoms with Crippen LogP contribution in [0.25, 0.3) is 0 Å². The molecule has 0 aliphatic carbocycles. The summed E-state index contributed by atoms with van der Waals surface area (Å²) in [5, 5.41) is 16.9. The third-order valence-electron chi connectivity index (χ3n) is 7.82. The van der Waals surface area contributed by atoms with E-state index < -0.39 is 0 Å². The van der Waals surface area contributed by atoms with Crippen molar-refractivity contribution in [2.75, 3.05) is 0 Å². The van der Waals surface area contributed by atoms with Crippen LogP contribution in [-0.4, -0.2) is 54.5 Å². The van der Waals surface area contributed by atoms with Crippen molar-refractivity contribution in [3.05, 3.63) is 143 Å². The van der Waals surface area contributed by atoms with E-state index in [0.29, 0.717) is 32.0 Å². The largest absolute Gasteiger partial charge is 0.392 e. The van der Waals surface area contributed by atoms with Gasteiger partial charge in [-0.2, -0.15) is 21.2 Å². The molecule has 2 heterocycles. The number of aryl methyl sites for hydroxylation is 4. The number of carbonyl (C=O) groups excluding carboxylic acids is 3. The molecule has 0 fully saturated rings. The average Bonchev–Trinajstić information content (AvgIpc) is 3.71. The molecule has 3 aromatic carbocycles. The Morgan fingerprint density at radius 3 is 1.30 bits per heavy atom. The van der Waals surface area contributed by atoms with Gasteiger partial charge in [0.2, 0.25) is 17.7 Å². The van der Waals surface area contributed by atoms with Gasteiger partial charge in [-0.25, -0.2) is 9.36 Å². The van der Waals surface area contributed by atoms with Crippen LogP contribution in [0.1, 0.15) is 96.0 Å². The van der Waals surface area contributed by atoms with Crippen molar-refractivity contribution >= 4 is 17.7 Å². The van der Waals surface area contributed by atoms with Crippen LogP contribution in [0.3, 0.4) is 0 Å². The van der Waals surface area contributed by atoms with Crippen molar-refractivity contribution in [2.45, 2.75) is 107 Å². The Morgan fingerprint density at radius 2 is 0.982 bits per heavy atom. The summed E-state index contributed by atoms with van der Waals surface area (Å²) in [7, 11) is 0. The number of amides is 1. The summed E-state index contributed by atoms with van der Waals surface area (Å²) in [5.74, 6) is 0.0965. The monoisotopic (exact) mass is 783 g/mol. The molecule has 0 saturated carbocycles. The topological polar surface area (TPSA) is 176 Å². The van der Waals surface area contributed by atoms with E-state index in [-0.39, 0.29) is 42.8 Å². The number of nitrogens with two attached hydrogens (primary N) is 1. The van der Waals surface area contributed by atoms with Crippen LogP contribution in [0.15, 0.2) is 103 Å². The SMILES string of the molecule is CC(CC(N)=O)NOCc1ccccc1.Cc1cc(C)n(C(=O)CC(C)C)n1.Cc1cc(C)n(C(=O)CC(C)NOCc2ccccc2)n1.OCc1ccccc1. The molecule has 13 nitrogen and oxygen atoms in total. The van der Waals surface area contributed by atoms with Gasteiger partial charge in [0, 0.05) is 42.7 Å². The molecule has 5 aromatic rings. The molecule has 0 aliphatic rings. The van der Waals surface area contributed by atoms with Crippen molar-refractivity contribution in [1.29, 1.82) is 0 Å². The summed E-state index contributed by atoms with van der Waals surface area (Å²) < 4.78 is 2.94. The minimum atomic E-state index is -0.335. The minimum absolute atomic E-state index is 0.0380. The van der Waals surface area contributed by atoms with E-state index in [0.717, 1.165) is 39.5 Å². The third kappa shape index (κ3) is 20.4. The molecule has 0 spiro atoms. The summed E-state index contributed by atoms with van der Waals surface area (Å²) in [6, 6.07) is 32.9. The molecule has 2 unspecified atom stereocenters. The maximum atomic E-state index is 12.1. The van der Waals surface area contributed by atoms with Gasteiger partial charge in [0.05, 0.1) is 31.2 Å². The molecular weight excluding hydrogens is 723 g/mol. The standard InChI is InChI=1S/C16H21N3O2.C11H16N2O2.C10H16N2O.C7H8O/c1-12-9-14(3)19(17-12)16(20)10-13(2)18-21-11-15-7-5-4-6-8-15;1-9(7-11(12)14)13-15-8-10-5-3-2-4-6-10;1-7(2)5-10(13)12-9(4)6-8(3)11-12;8-6-7-4-2-1-3-5-7/h4-9,13,18H,10-11H2,1-3H3;2-6,9,13H,7-8H2,1H3,(H2,12,14);6-7H,5H2,1-4H3;1-5,8H,6H2. The zero-order valence-corrected chi connectivity index (χ0v) is 34.6. The van der Waals surface area contributed by atoms with Gasteiger partial charge < -0.3 is 10.8 Å². The Balaban J connectivity index is 0.000000276. The molecule has 57 heavy (non-hydrogen) atoms. The predicted molar refractivity (Wildman–Crippen MR) is 223 cm³/mol. The lowest BCUT2D eigenvalue weighted by Crippen LogP contribution is -2.31. The Labute approximate surface area is 337 Å². The quantitative estimate of drug-likeness (QED) is 0.0811. The third-order valence-corrected chi connectivity index (χ3v) is 7.82. The zero-order chi connectivity index (χ0) is 42.2. The van der Waals surface area contributed by atoms with E-state index in [1.54, 1.807) is 0 Å². The highest BCUT2D eigenvalue weighted by Gasteiger charge is 2.14. The minimum Gasteiger partial charge on any atom is -0.392 e. The van der Waals surface area contributed by atoms with E-state index in [9.17, 15) is 14.4 Å². The molecule has 1 amide bonds. The van der Waals surface area contributed by atoms with Gasteiger partial charge in [-0.05, 0) is 76.3 Å². The van der Waals surface area contributed by atoms with E-state index in [2.05, 4.69) is 21.2 Å². The van der Waals surface area contributed by atoms with Gasteiger partial charge in [-0.1, -0.05) is 105 Å². The van der Waals surface area contributed by atoms with Crippen molar-refractivity contribution in [2.24, 2.45) is 11.7 Å². The number of hydrogen-bond acceptors (Lipinski definition) is 10. The molecular formula is C44H61N7O6. The number of nitrogens with zero attached hydrogens (tertiary/aromatic N) is 4. The Kier molecular flexibility index (Phi) is 22.3. The molecule has 13 heteroatoms. The molecule has 0 aliphatic heterocycles. The Morgan fingerprint density at radius 1 is 0.614 bits per heavy atom. The molecule has 0 radical (unpaired) electrons. The first-order valence-corrected chi connectivity index (χ1v) is 19.1. The molecule has 0 bridgehead atoms. The maximum Gasteiger partial charge on any atom is 0.248 e. The molecule has 308 valence electrons. The van der Waals surface area contributed by atoms with Gasteiger partial charge in [-0.3, -0.25) is 24.1 Å². The predicted octanol–water partition coefficient (Wildman–Crippen LogP) is 6.98. The first-order valence-electron chi connectivity index (χ1n) is 19.1. The van der Waals surface area contributed by atoms with Crippen molar-refractivity contribution < 1.29 is 29.2 Å². The zero-order valence-electron chi connectivity index (χ0n) is 34.6. The lowest BCUT2D eigenvalue weighted by Gasteiger charge is -2.13. The summed E-state index contributed by atoms with van der Waals surface area (Å²) in [6.07, 6.45) is 1.16.